The van der Waals surface area contributed by atoms with Gasteiger partial charge in [0.1, 0.15) is 5.75 Å². The average Bonchev–Trinajstić information content (AvgIpc) is 2.65. The van der Waals surface area contributed by atoms with E-state index in [0.717, 1.165) is 12.0 Å². The number of methoxy groups -OCH3 is 2. The zero-order valence-electron chi connectivity index (χ0n) is 15.4. The van der Waals surface area contributed by atoms with Gasteiger partial charge in [-0.15, -0.1) is 0 Å². The van der Waals surface area contributed by atoms with Gasteiger partial charge >= 0.3 is 0 Å². The van der Waals surface area contributed by atoms with Crippen LogP contribution in [0.1, 0.15) is 31.9 Å². The number of benzene rings is 2. The van der Waals surface area contributed by atoms with E-state index < -0.39 is 6.10 Å². The molecular weight excluding hydrogens is 354 g/mol. The highest BCUT2D eigenvalue weighted by Gasteiger charge is 2.20. The lowest BCUT2D eigenvalue weighted by Crippen LogP contribution is -2.38. The maximum atomic E-state index is 12.5. The number of amides is 1. The summed E-state index contributed by atoms with van der Waals surface area (Å²) in [5.41, 5.74) is 0.938. The summed E-state index contributed by atoms with van der Waals surface area (Å²) in [5, 5.41) is 3.58. The molecule has 6 heteroatoms. The van der Waals surface area contributed by atoms with E-state index in [9.17, 15) is 4.79 Å². The number of carbonyl (C=O) groups excluding carboxylic acids is 1. The van der Waals surface area contributed by atoms with Crippen LogP contribution in [-0.2, 0) is 4.79 Å². The summed E-state index contributed by atoms with van der Waals surface area (Å²) < 4.78 is 16.3. The molecule has 2 aromatic carbocycles. The molecule has 0 radical (unpaired) electrons. The van der Waals surface area contributed by atoms with Crippen molar-refractivity contribution in [1.29, 1.82) is 0 Å². The number of rotatable bonds is 8. The molecule has 2 aromatic rings. The fourth-order valence-electron chi connectivity index (χ4n) is 2.58. The van der Waals surface area contributed by atoms with Crippen molar-refractivity contribution in [3.63, 3.8) is 0 Å². The summed E-state index contributed by atoms with van der Waals surface area (Å²) >= 11 is 5.95. The van der Waals surface area contributed by atoms with Crippen LogP contribution in [0.25, 0.3) is 0 Å². The molecule has 0 bridgehead atoms. The highest BCUT2D eigenvalue weighted by Crippen LogP contribution is 2.31. The normalized spacial score (nSPS) is 12.8. The Morgan fingerprint density at radius 1 is 1.12 bits per heavy atom. The van der Waals surface area contributed by atoms with E-state index in [1.165, 1.54) is 0 Å². The maximum Gasteiger partial charge on any atom is 0.261 e. The Labute approximate surface area is 159 Å². The van der Waals surface area contributed by atoms with Crippen molar-refractivity contribution in [3.05, 3.63) is 53.1 Å². The molecule has 0 aliphatic heterocycles. The molecule has 1 amide bonds. The van der Waals surface area contributed by atoms with Gasteiger partial charge in [-0.2, -0.15) is 0 Å². The van der Waals surface area contributed by atoms with Gasteiger partial charge in [0.2, 0.25) is 0 Å². The first-order valence-electron chi connectivity index (χ1n) is 8.43. The Morgan fingerprint density at radius 2 is 1.85 bits per heavy atom. The van der Waals surface area contributed by atoms with Gasteiger partial charge in [-0.3, -0.25) is 4.79 Å². The molecule has 140 valence electrons. The van der Waals surface area contributed by atoms with E-state index in [2.05, 4.69) is 5.32 Å². The van der Waals surface area contributed by atoms with E-state index in [0.29, 0.717) is 22.3 Å². The highest BCUT2D eigenvalue weighted by atomic mass is 35.5. The zero-order chi connectivity index (χ0) is 19.1. The van der Waals surface area contributed by atoms with Gasteiger partial charge in [0.05, 0.1) is 20.3 Å². The smallest absolute Gasteiger partial charge is 0.261 e. The van der Waals surface area contributed by atoms with Crippen molar-refractivity contribution in [2.75, 3.05) is 14.2 Å². The Kier molecular flexibility index (Phi) is 7.16. The molecule has 0 fully saturated rings. The van der Waals surface area contributed by atoms with E-state index in [4.69, 9.17) is 25.8 Å². The number of ether oxygens (including phenoxy) is 3. The van der Waals surface area contributed by atoms with Gasteiger partial charge in [0, 0.05) is 5.02 Å². The second-order valence-corrected chi connectivity index (χ2v) is 6.24. The van der Waals surface area contributed by atoms with Crippen LogP contribution in [0.5, 0.6) is 17.2 Å². The van der Waals surface area contributed by atoms with Crippen molar-refractivity contribution in [1.82, 2.24) is 5.32 Å². The largest absolute Gasteiger partial charge is 0.493 e. The Hall–Kier alpha value is -2.40. The Balaban J connectivity index is 2.07. The summed E-state index contributed by atoms with van der Waals surface area (Å²) in [5.74, 6) is 1.63. The van der Waals surface area contributed by atoms with Crippen LogP contribution < -0.4 is 19.5 Å². The van der Waals surface area contributed by atoms with Gasteiger partial charge in [-0.25, -0.2) is 0 Å². The monoisotopic (exact) mass is 377 g/mol. The number of hydrogen-bond acceptors (Lipinski definition) is 4. The topological polar surface area (TPSA) is 56.8 Å². The summed E-state index contributed by atoms with van der Waals surface area (Å²) in [6.45, 7) is 3.71. The fraction of sp³-hybridized carbons (Fsp3) is 0.350. The zero-order valence-corrected chi connectivity index (χ0v) is 16.2. The molecule has 2 rings (SSSR count). The molecule has 0 saturated carbocycles. The van der Waals surface area contributed by atoms with Gasteiger partial charge in [0.25, 0.3) is 5.91 Å². The van der Waals surface area contributed by atoms with Crippen molar-refractivity contribution >= 4 is 17.5 Å². The molecule has 5 nitrogen and oxygen atoms in total. The van der Waals surface area contributed by atoms with E-state index in [-0.39, 0.29) is 11.9 Å². The van der Waals surface area contributed by atoms with Crippen molar-refractivity contribution < 1.29 is 19.0 Å². The molecule has 0 aliphatic rings. The summed E-state index contributed by atoms with van der Waals surface area (Å²) in [6, 6.07) is 12.4. The molecule has 2 atom stereocenters. The Morgan fingerprint density at radius 3 is 2.46 bits per heavy atom. The predicted octanol–water partition coefficient (Wildman–Crippen LogP) is 4.39. The number of nitrogens with one attached hydrogen (secondary N) is 1. The third-order valence-electron chi connectivity index (χ3n) is 4.01. The molecule has 0 aliphatic carbocycles. The molecule has 0 aromatic heterocycles. The van der Waals surface area contributed by atoms with Gasteiger partial charge in [0.15, 0.2) is 17.6 Å². The van der Waals surface area contributed by atoms with Gasteiger partial charge in [-0.1, -0.05) is 30.7 Å². The minimum Gasteiger partial charge on any atom is -0.493 e. The average molecular weight is 378 g/mol. The molecule has 0 heterocycles. The van der Waals surface area contributed by atoms with Crippen LogP contribution in [0.15, 0.2) is 42.5 Å². The molecule has 0 spiro atoms. The number of halogens is 1. The first kappa shape index (κ1) is 19.9. The quantitative estimate of drug-likeness (QED) is 0.741. The molecular formula is C20H24ClNO4. The molecule has 0 unspecified atom stereocenters. The maximum absolute atomic E-state index is 12.5. The van der Waals surface area contributed by atoms with Crippen molar-refractivity contribution in [3.8, 4) is 17.2 Å². The van der Waals surface area contributed by atoms with E-state index in [1.54, 1.807) is 45.4 Å². The summed E-state index contributed by atoms with van der Waals surface area (Å²) in [4.78, 5) is 12.5. The van der Waals surface area contributed by atoms with Crippen LogP contribution in [0.4, 0.5) is 0 Å². The second-order valence-electron chi connectivity index (χ2n) is 5.80. The first-order valence-corrected chi connectivity index (χ1v) is 8.80. The number of hydrogen-bond donors (Lipinski definition) is 1. The summed E-state index contributed by atoms with van der Waals surface area (Å²) in [6.07, 6.45) is 0.0770. The van der Waals surface area contributed by atoms with E-state index in [1.807, 2.05) is 25.1 Å². The number of carbonyl (C=O) groups is 1. The van der Waals surface area contributed by atoms with Crippen molar-refractivity contribution in [2.45, 2.75) is 32.4 Å². The lowest BCUT2D eigenvalue weighted by molar-refractivity contribution is -0.128. The van der Waals surface area contributed by atoms with Gasteiger partial charge in [-0.05, 0) is 49.2 Å². The fourth-order valence-corrected chi connectivity index (χ4v) is 2.76. The molecule has 26 heavy (non-hydrogen) atoms. The minimum atomic E-state index is -0.650. The second kappa shape index (κ2) is 9.34. The van der Waals surface area contributed by atoms with Crippen LogP contribution in [-0.4, -0.2) is 26.2 Å². The van der Waals surface area contributed by atoms with E-state index >= 15 is 0 Å². The SMILES string of the molecule is CC[C@@H](NC(=O)[C@H](C)Oc1cccc(Cl)c1)c1ccc(OC)c(OC)c1. The van der Waals surface area contributed by atoms with Crippen LogP contribution >= 0.6 is 11.6 Å². The van der Waals surface area contributed by atoms with Crippen LogP contribution in [0.2, 0.25) is 5.02 Å². The van der Waals surface area contributed by atoms with Crippen molar-refractivity contribution in [2.24, 2.45) is 0 Å². The Bertz CT molecular complexity index is 750. The minimum absolute atomic E-state index is 0.160. The third-order valence-corrected chi connectivity index (χ3v) is 4.25. The van der Waals surface area contributed by atoms with Crippen LogP contribution in [0, 0.1) is 0 Å². The lowest BCUT2D eigenvalue weighted by Gasteiger charge is -2.22. The van der Waals surface area contributed by atoms with Crippen LogP contribution in [0.3, 0.4) is 0 Å². The summed E-state index contributed by atoms with van der Waals surface area (Å²) in [7, 11) is 3.17. The third kappa shape index (κ3) is 5.05. The molecule has 1 N–H and O–H groups in total. The van der Waals surface area contributed by atoms with Gasteiger partial charge < -0.3 is 19.5 Å². The standard InChI is InChI=1S/C20H24ClNO4/c1-5-17(14-9-10-18(24-3)19(11-14)25-4)22-20(23)13(2)26-16-8-6-7-15(21)12-16/h6-13,17H,5H2,1-4H3,(H,22,23)/t13-,17+/m0/s1. The molecule has 0 saturated heterocycles. The first-order chi connectivity index (χ1) is 12.5. The lowest BCUT2D eigenvalue weighted by atomic mass is 10.0. The predicted molar refractivity (Wildman–Crippen MR) is 102 cm³/mol. The highest BCUT2D eigenvalue weighted by molar-refractivity contribution is 6.30.